The fourth-order valence-corrected chi connectivity index (χ4v) is 6.20. The number of fused-ring (bicyclic) bond motifs is 3. The van der Waals surface area contributed by atoms with E-state index in [1.165, 1.54) is 6.07 Å². The van der Waals surface area contributed by atoms with Crippen molar-refractivity contribution in [2.45, 2.75) is 69.9 Å². The maximum Gasteiger partial charge on any atom is 0.197 e. The van der Waals surface area contributed by atoms with Gasteiger partial charge in [-0.3, -0.25) is 14.8 Å². The zero-order valence-corrected chi connectivity index (χ0v) is 19.7. The number of allylic oxidation sites excluding steroid dienone is 2. The fourth-order valence-electron chi connectivity index (χ4n) is 4.84. The number of benzene rings is 1. The van der Waals surface area contributed by atoms with E-state index >= 15 is 0 Å². The van der Waals surface area contributed by atoms with E-state index < -0.39 is 19.8 Å². The molecule has 4 rings (SSSR count). The third-order valence-electron chi connectivity index (χ3n) is 7.51. The minimum absolute atomic E-state index is 0.0333. The first-order valence-corrected chi connectivity index (χ1v) is 13.7. The smallest absolute Gasteiger partial charge is 0.197 e. The molecule has 3 aliphatic carbocycles. The summed E-state index contributed by atoms with van der Waals surface area (Å²) in [6.45, 7) is 10.8. The van der Waals surface area contributed by atoms with E-state index in [1.54, 1.807) is 24.3 Å². The van der Waals surface area contributed by atoms with Crippen LogP contribution in [0.3, 0.4) is 0 Å². The van der Waals surface area contributed by atoms with Crippen LogP contribution in [0, 0.1) is 5.92 Å². The van der Waals surface area contributed by atoms with Gasteiger partial charge in [-0.05, 0) is 49.5 Å². The largest absolute Gasteiger partial charge is 0.507 e. The molecule has 1 saturated carbocycles. The molecule has 0 spiro atoms. The number of ketones is 2. The van der Waals surface area contributed by atoms with Crippen LogP contribution in [0.5, 0.6) is 5.75 Å². The van der Waals surface area contributed by atoms with Crippen LogP contribution in [0.25, 0.3) is 0 Å². The number of aromatic hydroxyl groups is 1. The lowest BCUT2D eigenvalue weighted by molar-refractivity contribution is -0.330. The highest BCUT2D eigenvalue weighted by molar-refractivity contribution is 6.74. The average Bonchev–Trinajstić information content (AvgIpc) is 2.70. The quantitative estimate of drug-likeness (QED) is 0.386. The zero-order valence-electron chi connectivity index (χ0n) is 18.7. The predicted octanol–water partition coefficient (Wildman–Crippen LogP) is 5.06. The molecular formula is C24H30O6Si. The van der Waals surface area contributed by atoms with Crippen LogP contribution in [0.2, 0.25) is 18.1 Å². The Hall–Kier alpha value is -2.06. The van der Waals surface area contributed by atoms with E-state index in [4.69, 9.17) is 9.31 Å². The molecule has 6 nitrogen and oxygen atoms in total. The lowest BCUT2D eigenvalue weighted by Crippen LogP contribution is -2.56. The third kappa shape index (κ3) is 3.26. The summed E-state index contributed by atoms with van der Waals surface area (Å²) in [6.07, 6.45) is 4.88. The molecule has 3 atom stereocenters. The predicted molar refractivity (Wildman–Crippen MR) is 119 cm³/mol. The molecule has 1 aromatic rings. The number of phenols is 1. The van der Waals surface area contributed by atoms with E-state index in [1.807, 2.05) is 0 Å². The summed E-state index contributed by atoms with van der Waals surface area (Å²) in [5.74, 6) is -1.51. The number of hydrogen-bond donors (Lipinski definition) is 2. The van der Waals surface area contributed by atoms with Gasteiger partial charge in [-0.25, -0.2) is 4.89 Å². The molecule has 0 radical (unpaired) electrons. The topological polar surface area (TPSA) is 93.1 Å². The molecule has 1 aromatic carbocycles. The number of phenolic OH excluding ortho intramolecular Hbond substituents is 1. The summed E-state index contributed by atoms with van der Waals surface area (Å²) in [4.78, 5) is 32.0. The number of rotatable bonds is 3. The third-order valence-corrected chi connectivity index (χ3v) is 12.0. The van der Waals surface area contributed by atoms with Crippen LogP contribution in [0.15, 0.2) is 41.5 Å². The molecule has 0 unspecified atom stereocenters. The Labute approximate surface area is 183 Å². The van der Waals surface area contributed by atoms with Crippen molar-refractivity contribution in [2.75, 3.05) is 0 Å². The summed E-state index contributed by atoms with van der Waals surface area (Å²) in [5, 5.41) is 20.2. The van der Waals surface area contributed by atoms with Crippen LogP contribution in [-0.2, 0) is 9.31 Å². The summed E-state index contributed by atoms with van der Waals surface area (Å²) in [6, 6.07) is 4.53. The lowest BCUT2D eigenvalue weighted by Gasteiger charge is -2.50. The summed E-state index contributed by atoms with van der Waals surface area (Å²) >= 11 is 0. The summed E-state index contributed by atoms with van der Waals surface area (Å²) in [5.41, 5.74) is -0.326. The Morgan fingerprint density at radius 1 is 1.16 bits per heavy atom. The first kappa shape index (κ1) is 22.1. The van der Waals surface area contributed by atoms with Crippen LogP contribution in [0.1, 0.15) is 60.7 Å². The molecule has 0 amide bonds. The van der Waals surface area contributed by atoms with Crippen molar-refractivity contribution in [3.05, 3.63) is 52.6 Å². The van der Waals surface area contributed by atoms with E-state index in [9.17, 15) is 20.0 Å². The SMILES string of the molecule is CC(C)(C)[Si](C)(C)O[C@@H]1CCC[C@@]2(OO)C=CC3=C(C(=O)c4cccc(O)c4C3=O)[C@@H]12. The van der Waals surface area contributed by atoms with E-state index in [0.29, 0.717) is 18.4 Å². The average molecular weight is 443 g/mol. The maximum atomic E-state index is 13.6. The Morgan fingerprint density at radius 2 is 1.87 bits per heavy atom. The van der Waals surface area contributed by atoms with Gasteiger partial charge in [0.05, 0.1) is 11.7 Å². The standard InChI is InChI=1S/C24H30O6Si/c1-23(2,3)31(4,5)29-17-10-7-12-24(30-28)13-11-15-19(20(17)24)22(27)14-8-6-9-16(25)18(14)21(15)26/h6,8-9,11,13,17,20,25,28H,7,10,12H2,1-5H3/t17-,20-,24-/m1/s1. The zero-order chi connectivity index (χ0) is 22.8. The number of hydrogen-bond acceptors (Lipinski definition) is 6. The molecule has 0 bridgehead atoms. The monoisotopic (exact) mass is 442 g/mol. The van der Waals surface area contributed by atoms with Crippen molar-refractivity contribution >= 4 is 19.9 Å². The van der Waals surface area contributed by atoms with E-state index in [0.717, 1.165) is 6.42 Å². The van der Waals surface area contributed by atoms with Crippen LogP contribution >= 0.6 is 0 Å². The highest BCUT2D eigenvalue weighted by atomic mass is 28.4. The van der Waals surface area contributed by atoms with Crippen molar-refractivity contribution in [3.63, 3.8) is 0 Å². The second-order valence-corrected chi connectivity index (χ2v) is 15.1. The fraction of sp³-hybridized carbons (Fsp3) is 0.500. The first-order valence-electron chi connectivity index (χ1n) is 10.8. The van der Waals surface area contributed by atoms with Gasteiger partial charge in [-0.1, -0.05) is 39.0 Å². The van der Waals surface area contributed by atoms with Crippen molar-refractivity contribution in [1.82, 2.24) is 0 Å². The summed E-state index contributed by atoms with van der Waals surface area (Å²) < 4.78 is 6.75. The Kier molecular flexibility index (Phi) is 5.17. The number of carbonyl (C=O) groups is 2. The molecule has 0 aliphatic heterocycles. The van der Waals surface area contributed by atoms with Gasteiger partial charge in [0.15, 0.2) is 19.9 Å². The highest BCUT2D eigenvalue weighted by Crippen LogP contribution is 2.51. The van der Waals surface area contributed by atoms with Crippen LogP contribution < -0.4 is 0 Å². The van der Waals surface area contributed by atoms with Crippen LogP contribution in [0.4, 0.5) is 0 Å². The van der Waals surface area contributed by atoms with Crippen molar-refractivity contribution < 1.29 is 29.3 Å². The van der Waals surface area contributed by atoms with Crippen molar-refractivity contribution in [3.8, 4) is 5.75 Å². The minimum Gasteiger partial charge on any atom is -0.507 e. The van der Waals surface area contributed by atoms with E-state index in [2.05, 4.69) is 33.9 Å². The van der Waals surface area contributed by atoms with Gasteiger partial charge in [0, 0.05) is 22.6 Å². The van der Waals surface area contributed by atoms with Gasteiger partial charge >= 0.3 is 0 Å². The summed E-state index contributed by atoms with van der Waals surface area (Å²) in [7, 11) is -2.21. The molecule has 3 aliphatic rings. The maximum absolute atomic E-state index is 13.6. The minimum atomic E-state index is -2.21. The Bertz CT molecular complexity index is 1020. The van der Waals surface area contributed by atoms with Crippen molar-refractivity contribution in [2.24, 2.45) is 5.92 Å². The van der Waals surface area contributed by atoms with E-state index in [-0.39, 0.29) is 45.2 Å². The normalized spacial score (nSPS) is 28.3. The highest BCUT2D eigenvalue weighted by Gasteiger charge is 2.56. The second kappa shape index (κ2) is 7.23. The second-order valence-electron chi connectivity index (χ2n) is 10.4. The number of carbonyl (C=O) groups excluding carboxylic acids is 2. The van der Waals surface area contributed by atoms with Gasteiger partial charge in [-0.2, -0.15) is 0 Å². The van der Waals surface area contributed by atoms with Gasteiger partial charge in [0.1, 0.15) is 11.4 Å². The molecule has 2 N–H and O–H groups in total. The Balaban J connectivity index is 1.86. The molecule has 0 aromatic heterocycles. The molecule has 7 heteroatoms. The van der Waals surface area contributed by atoms with Gasteiger partial charge in [0.2, 0.25) is 0 Å². The van der Waals surface area contributed by atoms with Crippen molar-refractivity contribution in [1.29, 1.82) is 0 Å². The molecule has 0 saturated heterocycles. The molecule has 31 heavy (non-hydrogen) atoms. The van der Waals surface area contributed by atoms with Gasteiger partial charge in [0.25, 0.3) is 0 Å². The van der Waals surface area contributed by atoms with Crippen LogP contribution in [-0.4, -0.2) is 42.0 Å². The number of Topliss-reactive ketones (excluding diaryl/α,β-unsaturated/α-hetero) is 2. The first-order chi connectivity index (χ1) is 14.4. The lowest BCUT2D eigenvalue weighted by atomic mass is 9.62. The van der Waals surface area contributed by atoms with Gasteiger partial charge in [-0.15, -0.1) is 0 Å². The molecular weight excluding hydrogens is 412 g/mol. The molecule has 0 heterocycles. The molecule has 1 fully saturated rings. The molecule has 166 valence electrons. The Morgan fingerprint density at radius 3 is 2.52 bits per heavy atom. The van der Waals surface area contributed by atoms with Gasteiger partial charge < -0.3 is 9.53 Å².